The summed E-state index contributed by atoms with van der Waals surface area (Å²) in [6, 6.07) is 3.94. The van der Waals surface area contributed by atoms with Crippen LogP contribution in [0.25, 0.3) is 0 Å². The Morgan fingerprint density at radius 1 is 1.24 bits per heavy atom. The van der Waals surface area contributed by atoms with E-state index in [1.807, 2.05) is 0 Å². The van der Waals surface area contributed by atoms with Gasteiger partial charge < -0.3 is 5.73 Å². The summed E-state index contributed by atoms with van der Waals surface area (Å²) >= 11 is 0. The second-order valence-corrected chi connectivity index (χ2v) is 7.84. The van der Waals surface area contributed by atoms with Crippen LogP contribution >= 0.6 is 0 Å². The minimum absolute atomic E-state index is 0.0434. The van der Waals surface area contributed by atoms with Crippen LogP contribution in [-0.4, -0.2) is 14.5 Å². The van der Waals surface area contributed by atoms with E-state index in [4.69, 9.17) is 5.73 Å². The molecule has 21 heavy (non-hydrogen) atoms. The highest BCUT2D eigenvalue weighted by Crippen LogP contribution is 2.30. The molecule has 0 aliphatic heterocycles. The fraction of sp³-hybridized carbons (Fsp3) is 0.600. The quantitative estimate of drug-likeness (QED) is 0.896. The van der Waals surface area contributed by atoms with Crippen molar-refractivity contribution in [2.75, 3.05) is 0 Å². The first-order chi connectivity index (χ1) is 9.83. The van der Waals surface area contributed by atoms with Crippen molar-refractivity contribution in [2.45, 2.75) is 50.6 Å². The topological polar surface area (TPSA) is 72.2 Å². The van der Waals surface area contributed by atoms with Crippen molar-refractivity contribution in [3.8, 4) is 0 Å². The van der Waals surface area contributed by atoms with Gasteiger partial charge in [-0.05, 0) is 43.2 Å². The Hall–Kier alpha value is -0.980. The van der Waals surface area contributed by atoms with Crippen molar-refractivity contribution < 1.29 is 12.8 Å². The summed E-state index contributed by atoms with van der Waals surface area (Å²) in [5.74, 6) is 0.400. The molecule has 2 atom stereocenters. The Balaban J connectivity index is 2.25. The number of rotatable bonds is 4. The predicted molar refractivity (Wildman–Crippen MR) is 80.6 cm³/mol. The van der Waals surface area contributed by atoms with Crippen LogP contribution in [0.5, 0.6) is 0 Å². The van der Waals surface area contributed by atoms with Gasteiger partial charge in [-0.25, -0.2) is 17.5 Å². The van der Waals surface area contributed by atoms with Gasteiger partial charge in [0.05, 0.1) is 4.90 Å². The first kappa shape index (κ1) is 16.4. The fourth-order valence-corrected chi connectivity index (χ4v) is 4.84. The Kier molecular flexibility index (Phi) is 5.01. The van der Waals surface area contributed by atoms with Crippen molar-refractivity contribution in [3.63, 3.8) is 0 Å². The van der Waals surface area contributed by atoms with Crippen LogP contribution < -0.4 is 10.5 Å². The first-order valence-electron chi connectivity index (χ1n) is 7.33. The monoisotopic (exact) mass is 314 g/mol. The Morgan fingerprint density at radius 3 is 2.43 bits per heavy atom. The van der Waals surface area contributed by atoms with Crippen LogP contribution in [0.15, 0.2) is 23.1 Å². The normalized spacial score (nSPS) is 26.8. The van der Waals surface area contributed by atoms with Crippen molar-refractivity contribution in [2.24, 2.45) is 17.6 Å². The lowest BCUT2D eigenvalue weighted by Gasteiger charge is -2.31. The summed E-state index contributed by atoms with van der Waals surface area (Å²) in [6.45, 7) is 4.12. The molecule has 3 N–H and O–H groups in total. The van der Waals surface area contributed by atoms with Crippen molar-refractivity contribution in [1.29, 1.82) is 0 Å². The molecule has 2 rings (SSSR count). The molecule has 1 aliphatic carbocycles. The second kappa shape index (κ2) is 6.42. The van der Waals surface area contributed by atoms with E-state index in [-0.39, 0.29) is 23.0 Å². The molecule has 0 spiro atoms. The van der Waals surface area contributed by atoms with Gasteiger partial charge >= 0.3 is 0 Å². The minimum atomic E-state index is -3.74. The number of halogens is 1. The van der Waals surface area contributed by atoms with E-state index in [1.54, 1.807) is 0 Å². The molecule has 4 nitrogen and oxygen atoms in total. The summed E-state index contributed by atoms with van der Waals surface area (Å²) in [5.41, 5.74) is 5.54. The third kappa shape index (κ3) is 3.81. The van der Waals surface area contributed by atoms with Crippen molar-refractivity contribution >= 4 is 10.0 Å². The average Bonchev–Trinajstić information content (AvgIpc) is 2.36. The Morgan fingerprint density at radius 2 is 1.86 bits per heavy atom. The molecule has 118 valence electrons. The molecule has 0 heterocycles. The van der Waals surface area contributed by atoms with Crippen LogP contribution in [-0.2, 0) is 16.6 Å². The van der Waals surface area contributed by atoms with Crippen LogP contribution in [0.1, 0.15) is 38.7 Å². The Bertz CT molecular complexity index is 594. The molecule has 1 aliphatic rings. The van der Waals surface area contributed by atoms with Crippen molar-refractivity contribution in [1.82, 2.24) is 4.72 Å². The third-order valence-corrected chi connectivity index (χ3v) is 5.67. The molecule has 6 heteroatoms. The van der Waals surface area contributed by atoms with Crippen LogP contribution in [0.2, 0.25) is 0 Å². The van der Waals surface area contributed by atoms with E-state index in [1.165, 1.54) is 18.2 Å². The fourth-order valence-electron chi connectivity index (χ4n) is 3.31. The molecule has 2 unspecified atom stereocenters. The summed E-state index contributed by atoms with van der Waals surface area (Å²) < 4.78 is 41.5. The number of sulfonamides is 1. The predicted octanol–water partition coefficient (Wildman–Crippen LogP) is 2.39. The molecule has 1 fully saturated rings. The molecule has 0 radical (unpaired) electrons. The summed E-state index contributed by atoms with van der Waals surface area (Å²) in [5, 5.41) is 0. The molecule has 0 saturated heterocycles. The van der Waals surface area contributed by atoms with E-state index in [0.717, 1.165) is 19.3 Å². The number of nitrogens with two attached hydrogens (primary N) is 1. The van der Waals surface area contributed by atoms with Gasteiger partial charge in [0.1, 0.15) is 5.82 Å². The number of hydrogen-bond acceptors (Lipinski definition) is 3. The number of hydrogen-bond donors (Lipinski definition) is 2. The van der Waals surface area contributed by atoms with Gasteiger partial charge in [0, 0.05) is 18.2 Å². The third-order valence-electron chi connectivity index (χ3n) is 4.07. The number of nitrogens with one attached hydrogen (secondary N) is 1. The van der Waals surface area contributed by atoms with E-state index < -0.39 is 15.8 Å². The van der Waals surface area contributed by atoms with E-state index >= 15 is 0 Å². The van der Waals surface area contributed by atoms with Gasteiger partial charge in [-0.1, -0.05) is 19.9 Å². The lowest BCUT2D eigenvalue weighted by Crippen LogP contribution is -2.40. The van der Waals surface area contributed by atoms with Gasteiger partial charge in [0.2, 0.25) is 10.0 Å². The highest BCUT2D eigenvalue weighted by atomic mass is 32.2. The Labute approximate surface area is 126 Å². The van der Waals surface area contributed by atoms with Gasteiger partial charge in [-0.2, -0.15) is 0 Å². The molecule has 0 bridgehead atoms. The maximum Gasteiger partial charge on any atom is 0.241 e. The second-order valence-electron chi connectivity index (χ2n) is 6.16. The average molecular weight is 314 g/mol. The minimum Gasteiger partial charge on any atom is -0.326 e. The molecule has 1 saturated carbocycles. The highest BCUT2D eigenvalue weighted by Gasteiger charge is 2.29. The van der Waals surface area contributed by atoms with E-state index in [9.17, 15) is 12.8 Å². The summed E-state index contributed by atoms with van der Waals surface area (Å²) in [7, 11) is -3.74. The maximum atomic E-state index is 13.7. The lowest BCUT2D eigenvalue weighted by atomic mass is 9.81. The van der Waals surface area contributed by atoms with Gasteiger partial charge in [0.15, 0.2) is 0 Å². The molecular formula is C15H23FN2O2S. The molecule has 0 aromatic heterocycles. The summed E-state index contributed by atoms with van der Waals surface area (Å²) in [6.07, 6.45) is 2.75. The smallest absolute Gasteiger partial charge is 0.241 e. The highest BCUT2D eigenvalue weighted by molar-refractivity contribution is 7.89. The van der Waals surface area contributed by atoms with Crippen molar-refractivity contribution in [3.05, 3.63) is 29.6 Å². The van der Waals surface area contributed by atoms with E-state index in [2.05, 4.69) is 18.6 Å². The molecule has 1 aromatic carbocycles. The first-order valence-corrected chi connectivity index (χ1v) is 8.81. The maximum absolute atomic E-state index is 13.7. The van der Waals surface area contributed by atoms with Crippen LogP contribution in [0, 0.1) is 17.7 Å². The largest absolute Gasteiger partial charge is 0.326 e. The summed E-state index contributed by atoms with van der Waals surface area (Å²) in [4.78, 5) is -0.0455. The lowest BCUT2D eigenvalue weighted by molar-refractivity contribution is 0.257. The van der Waals surface area contributed by atoms with Crippen LogP contribution in [0.3, 0.4) is 0 Å². The zero-order valence-electron chi connectivity index (χ0n) is 12.5. The molecule has 1 aromatic rings. The van der Waals surface area contributed by atoms with Gasteiger partial charge in [-0.15, -0.1) is 0 Å². The number of benzene rings is 1. The van der Waals surface area contributed by atoms with Gasteiger partial charge in [0.25, 0.3) is 0 Å². The van der Waals surface area contributed by atoms with E-state index in [0.29, 0.717) is 11.8 Å². The standard InChI is InChI=1S/C15H23FN2O2S/c1-10-6-11(2)8-12(7-10)18-21(19,20)15-5-3-4-14(16)13(15)9-17/h3-5,10-12,18H,6-9,17H2,1-2H3. The zero-order valence-corrected chi connectivity index (χ0v) is 13.3. The SMILES string of the molecule is CC1CC(C)CC(NS(=O)(=O)c2cccc(F)c2CN)C1. The molecule has 0 amide bonds. The van der Waals surface area contributed by atoms with Crippen LogP contribution in [0.4, 0.5) is 4.39 Å². The molecular weight excluding hydrogens is 291 g/mol. The zero-order chi connectivity index (χ0) is 15.6. The van der Waals surface area contributed by atoms with Gasteiger partial charge in [-0.3, -0.25) is 0 Å².